The van der Waals surface area contributed by atoms with Crippen LogP contribution in [-0.4, -0.2) is 27.7 Å². The lowest BCUT2D eigenvalue weighted by atomic mass is 10.0. The predicted octanol–water partition coefficient (Wildman–Crippen LogP) is 5.67. The number of aryl methyl sites for hydroxylation is 1. The highest BCUT2D eigenvalue weighted by Crippen LogP contribution is 2.33. The van der Waals surface area contributed by atoms with Gasteiger partial charge in [-0.3, -0.25) is 4.98 Å². The second-order valence-corrected chi connectivity index (χ2v) is 8.18. The Morgan fingerprint density at radius 3 is 2.84 bits per heavy atom. The maximum absolute atomic E-state index is 6.11. The first-order valence-electron chi connectivity index (χ1n) is 11.1. The standard InChI is InChI=1S/C27H24N4O/c1-2-30-12-10-20-16-21(17-29-27(20)30)19-7-8-26-22(15-19)18-31(13-14-32-26)25-9-11-28-24-6-4-3-5-23(24)25/h3-12,15-17H,2,13-14,18H2,1H3. The van der Waals surface area contributed by atoms with Crippen molar-refractivity contribution in [3.8, 4) is 16.9 Å². The fraction of sp³-hybridized carbons (Fsp3) is 0.185. The summed E-state index contributed by atoms with van der Waals surface area (Å²) < 4.78 is 8.28. The molecular formula is C27H24N4O. The van der Waals surface area contributed by atoms with E-state index in [1.54, 1.807) is 0 Å². The van der Waals surface area contributed by atoms with E-state index in [4.69, 9.17) is 9.72 Å². The summed E-state index contributed by atoms with van der Waals surface area (Å²) in [6.07, 6.45) is 5.97. The second kappa shape index (κ2) is 7.68. The maximum Gasteiger partial charge on any atom is 0.139 e. The molecular weight excluding hydrogens is 396 g/mol. The van der Waals surface area contributed by atoms with Crippen LogP contribution < -0.4 is 9.64 Å². The van der Waals surface area contributed by atoms with Crippen LogP contribution in [0.4, 0.5) is 5.69 Å². The summed E-state index contributed by atoms with van der Waals surface area (Å²) in [6, 6.07) is 21.3. The Bertz CT molecular complexity index is 1430. The smallest absolute Gasteiger partial charge is 0.139 e. The molecule has 0 unspecified atom stereocenters. The van der Waals surface area contributed by atoms with E-state index in [0.29, 0.717) is 6.61 Å². The van der Waals surface area contributed by atoms with Crippen molar-refractivity contribution in [2.45, 2.75) is 20.0 Å². The van der Waals surface area contributed by atoms with Crippen molar-refractivity contribution in [1.29, 1.82) is 0 Å². The normalized spacial score (nSPS) is 13.7. The highest BCUT2D eigenvalue weighted by atomic mass is 16.5. The average Bonchev–Trinajstić information content (AvgIpc) is 3.14. The number of aromatic nitrogens is 3. The maximum atomic E-state index is 6.11. The van der Waals surface area contributed by atoms with Crippen LogP contribution in [0.1, 0.15) is 12.5 Å². The van der Waals surface area contributed by atoms with Gasteiger partial charge in [-0.1, -0.05) is 24.3 Å². The van der Waals surface area contributed by atoms with Gasteiger partial charge in [-0.05, 0) is 48.9 Å². The Balaban J connectivity index is 1.38. The summed E-state index contributed by atoms with van der Waals surface area (Å²) in [5, 5.41) is 2.34. The van der Waals surface area contributed by atoms with Gasteiger partial charge in [-0.2, -0.15) is 0 Å². The van der Waals surface area contributed by atoms with Gasteiger partial charge in [0.1, 0.15) is 18.0 Å². The zero-order chi connectivity index (χ0) is 21.5. The topological polar surface area (TPSA) is 43.2 Å². The predicted molar refractivity (Wildman–Crippen MR) is 129 cm³/mol. The van der Waals surface area contributed by atoms with E-state index in [9.17, 15) is 0 Å². The quantitative estimate of drug-likeness (QED) is 0.377. The van der Waals surface area contributed by atoms with Gasteiger partial charge in [0.25, 0.3) is 0 Å². The summed E-state index contributed by atoms with van der Waals surface area (Å²) in [7, 11) is 0. The Kier molecular flexibility index (Phi) is 4.53. The minimum absolute atomic E-state index is 0.654. The molecule has 5 heteroatoms. The molecule has 0 N–H and O–H groups in total. The number of rotatable bonds is 3. The SMILES string of the molecule is CCn1ccc2cc(-c3ccc4c(c3)CN(c3ccnc5ccccc35)CCO4)cnc21. The van der Waals surface area contributed by atoms with Crippen molar-refractivity contribution >= 4 is 27.6 Å². The fourth-order valence-corrected chi connectivity index (χ4v) is 4.63. The third kappa shape index (κ3) is 3.17. The third-order valence-electron chi connectivity index (χ3n) is 6.28. The Morgan fingerprint density at radius 1 is 0.969 bits per heavy atom. The number of anilines is 1. The minimum atomic E-state index is 0.654. The average molecular weight is 421 g/mol. The van der Waals surface area contributed by atoms with Crippen molar-refractivity contribution in [3.05, 3.63) is 84.8 Å². The Labute approximate surface area is 186 Å². The monoisotopic (exact) mass is 420 g/mol. The molecule has 32 heavy (non-hydrogen) atoms. The lowest BCUT2D eigenvalue weighted by Crippen LogP contribution is -2.25. The van der Waals surface area contributed by atoms with Crippen LogP contribution in [0.2, 0.25) is 0 Å². The molecule has 1 aliphatic rings. The van der Waals surface area contributed by atoms with Crippen molar-refractivity contribution in [3.63, 3.8) is 0 Å². The van der Waals surface area contributed by atoms with Crippen LogP contribution in [0.15, 0.2) is 79.3 Å². The molecule has 0 spiro atoms. The first kappa shape index (κ1) is 18.9. The summed E-state index contributed by atoms with van der Waals surface area (Å²) in [5.74, 6) is 0.959. The van der Waals surface area contributed by atoms with E-state index in [-0.39, 0.29) is 0 Å². The minimum Gasteiger partial charge on any atom is -0.491 e. The zero-order valence-corrected chi connectivity index (χ0v) is 18.0. The number of hydrogen-bond acceptors (Lipinski definition) is 4. The number of para-hydroxylation sites is 1. The molecule has 0 aliphatic carbocycles. The molecule has 2 aromatic carbocycles. The molecule has 5 nitrogen and oxygen atoms in total. The molecule has 0 saturated heterocycles. The molecule has 0 bridgehead atoms. The largest absolute Gasteiger partial charge is 0.491 e. The number of ether oxygens (including phenoxy) is 1. The van der Waals surface area contributed by atoms with Crippen LogP contribution in [0.5, 0.6) is 5.75 Å². The number of hydrogen-bond donors (Lipinski definition) is 0. The van der Waals surface area contributed by atoms with Gasteiger partial charge in [0.2, 0.25) is 0 Å². The second-order valence-electron chi connectivity index (χ2n) is 8.18. The molecule has 3 aromatic heterocycles. The van der Waals surface area contributed by atoms with E-state index >= 15 is 0 Å². The highest BCUT2D eigenvalue weighted by Gasteiger charge is 2.18. The summed E-state index contributed by atoms with van der Waals surface area (Å²) in [6.45, 7) is 5.33. The van der Waals surface area contributed by atoms with E-state index in [2.05, 4.69) is 82.2 Å². The number of nitrogens with zero attached hydrogens (tertiary/aromatic N) is 4. The number of fused-ring (bicyclic) bond motifs is 3. The van der Waals surface area contributed by atoms with E-state index in [1.807, 2.05) is 18.5 Å². The van der Waals surface area contributed by atoms with Crippen molar-refractivity contribution in [1.82, 2.24) is 14.5 Å². The van der Waals surface area contributed by atoms with Crippen LogP contribution in [0.3, 0.4) is 0 Å². The van der Waals surface area contributed by atoms with Gasteiger partial charge >= 0.3 is 0 Å². The first-order chi connectivity index (χ1) is 15.8. The van der Waals surface area contributed by atoms with Crippen molar-refractivity contribution in [2.75, 3.05) is 18.1 Å². The van der Waals surface area contributed by atoms with Gasteiger partial charge in [0, 0.05) is 59.3 Å². The van der Waals surface area contributed by atoms with Gasteiger partial charge < -0.3 is 14.2 Å². The van der Waals surface area contributed by atoms with Crippen molar-refractivity contribution in [2.24, 2.45) is 0 Å². The zero-order valence-electron chi connectivity index (χ0n) is 18.0. The number of pyridine rings is 2. The van der Waals surface area contributed by atoms with Crippen LogP contribution in [0.25, 0.3) is 33.1 Å². The molecule has 5 aromatic rings. The Hall–Kier alpha value is -3.86. The molecule has 0 amide bonds. The lowest BCUT2D eigenvalue weighted by molar-refractivity contribution is 0.332. The van der Waals surface area contributed by atoms with Crippen molar-refractivity contribution < 1.29 is 4.74 Å². The molecule has 4 heterocycles. The van der Waals surface area contributed by atoms with E-state index in [0.717, 1.165) is 47.7 Å². The summed E-state index contributed by atoms with van der Waals surface area (Å²) in [4.78, 5) is 11.6. The lowest BCUT2D eigenvalue weighted by Gasteiger charge is -2.23. The van der Waals surface area contributed by atoms with Gasteiger partial charge in [-0.15, -0.1) is 0 Å². The molecule has 1 aliphatic heterocycles. The molecule has 0 saturated carbocycles. The number of benzene rings is 2. The summed E-state index contributed by atoms with van der Waals surface area (Å²) in [5.41, 5.74) is 6.72. The third-order valence-corrected chi connectivity index (χ3v) is 6.28. The molecule has 0 fully saturated rings. The fourth-order valence-electron chi connectivity index (χ4n) is 4.63. The van der Waals surface area contributed by atoms with E-state index in [1.165, 1.54) is 22.0 Å². The molecule has 158 valence electrons. The molecule has 6 rings (SSSR count). The highest BCUT2D eigenvalue weighted by molar-refractivity contribution is 5.91. The summed E-state index contributed by atoms with van der Waals surface area (Å²) >= 11 is 0. The van der Waals surface area contributed by atoms with Crippen LogP contribution in [-0.2, 0) is 13.1 Å². The van der Waals surface area contributed by atoms with Crippen LogP contribution in [0, 0.1) is 0 Å². The van der Waals surface area contributed by atoms with E-state index < -0.39 is 0 Å². The molecule has 0 radical (unpaired) electrons. The molecule has 0 atom stereocenters. The van der Waals surface area contributed by atoms with Crippen LogP contribution >= 0.6 is 0 Å². The Morgan fingerprint density at radius 2 is 1.91 bits per heavy atom. The first-order valence-corrected chi connectivity index (χ1v) is 11.1. The van der Waals surface area contributed by atoms with Gasteiger partial charge in [0.05, 0.1) is 12.1 Å². The van der Waals surface area contributed by atoms with Gasteiger partial charge in [-0.25, -0.2) is 4.98 Å². The van der Waals surface area contributed by atoms with Gasteiger partial charge in [0.15, 0.2) is 0 Å².